The van der Waals surface area contributed by atoms with Gasteiger partial charge < -0.3 is 4.74 Å². The Morgan fingerprint density at radius 2 is 2.29 bits per heavy atom. The number of hydrogen-bond donors (Lipinski definition) is 0. The first-order valence-corrected chi connectivity index (χ1v) is 6.13. The molecule has 0 saturated carbocycles. The van der Waals surface area contributed by atoms with Crippen LogP contribution in [0.3, 0.4) is 0 Å². The molecule has 0 amide bonds. The number of halogens is 2. The number of benzene rings is 1. The SMILES string of the molecule is O=C(Cc1cccc(Cl)c1F)C1CCCCO1. The lowest BCUT2D eigenvalue weighted by molar-refractivity contribution is -0.132. The molecule has 1 aromatic carbocycles. The molecule has 1 aromatic rings. The lowest BCUT2D eigenvalue weighted by Gasteiger charge is -2.21. The second-order valence-corrected chi connectivity index (χ2v) is 4.62. The molecule has 0 radical (unpaired) electrons. The summed E-state index contributed by atoms with van der Waals surface area (Å²) in [5.74, 6) is -0.566. The first-order chi connectivity index (χ1) is 8.18. The molecule has 1 unspecified atom stereocenters. The fraction of sp³-hybridized carbons (Fsp3) is 0.462. The van der Waals surface area contributed by atoms with Crippen molar-refractivity contribution in [1.29, 1.82) is 0 Å². The van der Waals surface area contributed by atoms with Crippen LogP contribution in [0.1, 0.15) is 24.8 Å². The van der Waals surface area contributed by atoms with Gasteiger partial charge in [-0.05, 0) is 30.9 Å². The summed E-state index contributed by atoms with van der Waals surface area (Å²) in [6, 6.07) is 4.71. The smallest absolute Gasteiger partial charge is 0.166 e. The van der Waals surface area contributed by atoms with Gasteiger partial charge in [0.25, 0.3) is 0 Å². The third-order valence-corrected chi connectivity index (χ3v) is 3.23. The maximum absolute atomic E-state index is 13.6. The number of Topliss-reactive ketones (excluding diaryl/α,β-unsaturated/α-hetero) is 1. The summed E-state index contributed by atoms with van der Waals surface area (Å²) < 4.78 is 19.0. The van der Waals surface area contributed by atoms with Gasteiger partial charge in [-0.2, -0.15) is 0 Å². The van der Waals surface area contributed by atoms with E-state index in [9.17, 15) is 9.18 Å². The van der Waals surface area contributed by atoms with E-state index in [-0.39, 0.29) is 23.3 Å². The number of carbonyl (C=O) groups is 1. The van der Waals surface area contributed by atoms with Crippen molar-refractivity contribution in [2.24, 2.45) is 0 Å². The number of carbonyl (C=O) groups excluding carboxylic acids is 1. The Morgan fingerprint density at radius 3 is 3.00 bits per heavy atom. The molecule has 0 spiro atoms. The van der Waals surface area contributed by atoms with Crippen LogP contribution in [-0.2, 0) is 16.0 Å². The molecular weight excluding hydrogens is 243 g/mol. The van der Waals surface area contributed by atoms with Gasteiger partial charge in [0, 0.05) is 13.0 Å². The molecular formula is C13H14ClFO2. The largest absolute Gasteiger partial charge is 0.370 e. The topological polar surface area (TPSA) is 26.3 Å². The summed E-state index contributed by atoms with van der Waals surface area (Å²) in [5.41, 5.74) is 0.344. The average molecular weight is 257 g/mol. The van der Waals surface area contributed by atoms with Gasteiger partial charge in [0.2, 0.25) is 0 Å². The van der Waals surface area contributed by atoms with E-state index in [0.717, 1.165) is 19.3 Å². The first kappa shape index (κ1) is 12.5. The number of rotatable bonds is 3. The normalized spacial score (nSPS) is 20.2. The van der Waals surface area contributed by atoms with Crippen molar-refractivity contribution in [3.63, 3.8) is 0 Å². The van der Waals surface area contributed by atoms with Gasteiger partial charge in [-0.1, -0.05) is 23.7 Å². The lowest BCUT2D eigenvalue weighted by atomic mass is 10.00. The van der Waals surface area contributed by atoms with E-state index >= 15 is 0 Å². The van der Waals surface area contributed by atoms with E-state index < -0.39 is 5.82 Å². The quantitative estimate of drug-likeness (QED) is 0.830. The zero-order chi connectivity index (χ0) is 12.3. The van der Waals surface area contributed by atoms with E-state index in [1.807, 2.05) is 0 Å². The fourth-order valence-electron chi connectivity index (χ4n) is 1.98. The first-order valence-electron chi connectivity index (χ1n) is 5.75. The minimum atomic E-state index is -0.502. The van der Waals surface area contributed by atoms with Crippen LogP contribution in [0.2, 0.25) is 5.02 Å². The Labute approximate surface area is 105 Å². The minimum Gasteiger partial charge on any atom is -0.370 e. The zero-order valence-electron chi connectivity index (χ0n) is 9.42. The molecule has 1 aliphatic rings. The molecule has 17 heavy (non-hydrogen) atoms. The number of hydrogen-bond acceptors (Lipinski definition) is 2. The van der Waals surface area contributed by atoms with Crippen LogP contribution in [0.5, 0.6) is 0 Å². The summed E-state index contributed by atoms with van der Waals surface area (Å²) in [6.07, 6.45) is 2.41. The van der Waals surface area contributed by atoms with Gasteiger partial charge in [0.1, 0.15) is 11.9 Å². The Hall–Kier alpha value is -0.930. The third kappa shape index (κ3) is 3.05. The van der Waals surface area contributed by atoms with Crippen LogP contribution in [0.4, 0.5) is 4.39 Å². The van der Waals surface area contributed by atoms with Crippen LogP contribution in [0.25, 0.3) is 0 Å². The van der Waals surface area contributed by atoms with E-state index in [0.29, 0.717) is 12.2 Å². The number of ketones is 1. The second kappa shape index (κ2) is 5.61. The molecule has 0 aliphatic carbocycles. The molecule has 1 fully saturated rings. The molecule has 4 heteroatoms. The molecule has 1 heterocycles. The summed E-state index contributed by atoms with van der Waals surface area (Å²) in [6.45, 7) is 0.619. The molecule has 0 N–H and O–H groups in total. The standard InChI is InChI=1S/C13H14ClFO2/c14-10-5-3-4-9(13(10)15)8-11(16)12-6-1-2-7-17-12/h3-5,12H,1-2,6-8H2. The van der Waals surface area contributed by atoms with Crippen molar-refractivity contribution in [1.82, 2.24) is 0 Å². The van der Waals surface area contributed by atoms with Crippen molar-refractivity contribution < 1.29 is 13.9 Å². The van der Waals surface area contributed by atoms with E-state index in [1.54, 1.807) is 12.1 Å². The highest BCUT2D eigenvalue weighted by molar-refractivity contribution is 6.30. The van der Waals surface area contributed by atoms with Crippen molar-refractivity contribution >= 4 is 17.4 Å². The van der Waals surface area contributed by atoms with Crippen LogP contribution < -0.4 is 0 Å². The van der Waals surface area contributed by atoms with Gasteiger partial charge >= 0.3 is 0 Å². The fourth-order valence-corrected chi connectivity index (χ4v) is 2.18. The molecule has 1 saturated heterocycles. The van der Waals surface area contributed by atoms with Crippen LogP contribution in [0, 0.1) is 5.82 Å². The Bertz CT molecular complexity index is 414. The molecule has 0 aromatic heterocycles. The van der Waals surface area contributed by atoms with E-state index in [4.69, 9.17) is 16.3 Å². The second-order valence-electron chi connectivity index (χ2n) is 4.21. The summed E-state index contributed by atoms with van der Waals surface area (Å²) in [4.78, 5) is 11.9. The lowest BCUT2D eigenvalue weighted by Crippen LogP contribution is -2.29. The third-order valence-electron chi connectivity index (χ3n) is 2.94. The predicted octanol–water partition coefficient (Wildman–Crippen LogP) is 3.16. The Morgan fingerprint density at radius 1 is 1.47 bits per heavy atom. The van der Waals surface area contributed by atoms with Gasteiger partial charge in [-0.3, -0.25) is 4.79 Å². The summed E-state index contributed by atoms with van der Waals surface area (Å²) in [7, 11) is 0. The summed E-state index contributed by atoms with van der Waals surface area (Å²) in [5, 5.41) is 0.0554. The van der Waals surface area contributed by atoms with Crippen molar-refractivity contribution in [3.05, 3.63) is 34.6 Å². The van der Waals surface area contributed by atoms with E-state index in [1.165, 1.54) is 6.07 Å². The highest BCUT2D eigenvalue weighted by atomic mass is 35.5. The maximum atomic E-state index is 13.6. The van der Waals surface area contributed by atoms with Crippen molar-refractivity contribution in [2.45, 2.75) is 31.8 Å². The Kier molecular flexibility index (Phi) is 4.13. The van der Waals surface area contributed by atoms with Crippen molar-refractivity contribution in [2.75, 3.05) is 6.61 Å². The molecule has 1 aliphatic heterocycles. The van der Waals surface area contributed by atoms with Crippen molar-refractivity contribution in [3.8, 4) is 0 Å². The van der Waals surface area contributed by atoms with Crippen LogP contribution in [0.15, 0.2) is 18.2 Å². The minimum absolute atomic E-state index is 0.0526. The molecule has 2 rings (SSSR count). The van der Waals surface area contributed by atoms with Gasteiger partial charge in [-0.15, -0.1) is 0 Å². The highest BCUT2D eigenvalue weighted by Gasteiger charge is 2.23. The molecule has 1 atom stereocenters. The predicted molar refractivity (Wildman–Crippen MR) is 63.7 cm³/mol. The van der Waals surface area contributed by atoms with Gasteiger partial charge in [0.15, 0.2) is 5.78 Å². The van der Waals surface area contributed by atoms with E-state index in [2.05, 4.69) is 0 Å². The van der Waals surface area contributed by atoms with Gasteiger partial charge in [-0.25, -0.2) is 4.39 Å². The zero-order valence-corrected chi connectivity index (χ0v) is 10.2. The molecule has 92 valence electrons. The van der Waals surface area contributed by atoms with Crippen LogP contribution >= 0.6 is 11.6 Å². The molecule has 0 bridgehead atoms. The molecule has 2 nitrogen and oxygen atoms in total. The maximum Gasteiger partial charge on any atom is 0.166 e. The highest BCUT2D eigenvalue weighted by Crippen LogP contribution is 2.20. The Balaban J connectivity index is 2.04. The van der Waals surface area contributed by atoms with Crippen LogP contribution in [-0.4, -0.2) is 18.5 Å². The number of ether oxygens (including phenoxy) is 1. The van der Waals surface area contributed by atoms with Gasteiger partial charge in [0.05, 0.1) is 5.02 Å². The average Bonchev–Trinajstić information content (AvgIpc) is 2.36. The monoisotopic (exact) mass is 256 g/mol. The summed E-state index contributed by atoms with van der Waals surface area (Å²) >= 11 is 5.67.